The molecule has 1 aliphatic heterocycles. The lowest BCUT2D eigenvalue weighted by Gasteiger charge is -2.35. The van der Waals surface area contributed by atoms with E-state index in [9.17, 15) is 9.90 Å². The van der Waals surface area contributed by atoms with Crippen molar-refractivity contribution in [1.82, 2.24) is 10.2 Å². The third-order valence-corrected chi connectivity index (χ3v) is 5.40. The van der Waals surface area contributed by atoms with E-state index < -0.39 is 0 Å². The third-order valence-electron chi connectivity index (χ3n) is 5.40. The number of nitrogens with zero attached hydrogens (tertiary/aromatic N) is 1. The van der Waals surface area contributed by atoms with Crippen LogP contribution in [0.4, 0.5) is 4.79 Å². The number of nitrogens with one attached hydrogen (secondary N) is 1. The van der Waals surface area contributed by atoms with Crippen molar-refractivity contribution in [2.45, 2.75) is 57.4 Å². The van der Waals surface area contributed by atoms with Crippen LogP contribution in [-0.2, 0) is 0 Å². The van der Waals surface area contributed by atoms with Crippen LogP contribution in [0, 0.1) is 17.8 Å². The second kappa shape index (κ2) is 6.33. The Balaban J connectivity index is 1.47. The first kappa shape index (κ1) is 14.2. The summed E-state index contributed by atoms with van der Waals surface area (Å²) in [6.07, 6.45) is 9.87. The van der Waals surface area contributed by atoms with Crippen LogP contribution in [-0.4, -0.2) is 41.8 Å². The lowest BCUT2D eigenvalue weighted by atomic mass is 9.83. The molecule has 2 amide bonds. The minimum absolute atomic E-state index is 0.101. The third kappa shape index (κ3) is 3.46. The van der Waals surface area contributed by atoms with Crippen molar-refractivity contribution in [3.63, 3.8) is 0 Å². The predicted octanol–water partition coefficient (Wildman–Crippen LogP) is 2.37. The molecule has 2 saturated carbocycles. The lowest BCUT2D eigenvalue weighted by molar-refractivity contribution is 0.125. The van der Waals surface area contributed by atoms with Gasteiger partial charge in [0, 0.05) is 25.7 Å². The Bertz CT molecular complexity index is 343. The molecule has 4 heteroatoms. The Hall–Kier alpha value is -0.770. The van der Waals surface area contributed by atoms with E-state index in [1.54, 1.807) is 0 Å². The highest BCUT2D eigenvalue weighted by atomic mass is 16.3. The van der Waals surface area contributed by atoms with Gasteiger partial charge < -0.3 is 15.3 Å². The Morgan fingerprint density at radius 1 is 1.10 bits per heavy atom. The van der Waals surface area contributed by atoms with Crippen molar-refractivity contribution in [2.75, 3.05) is 19.7 Å². The molecule has 4 nitrogen and oxygen atoms in total. The molecule has 2 aliphatic carbocycles. The van der Waals surface area contributed by atoms with Crippen molar-refractivity contribution < 1.29 is 9.90 Å². The maximum Gasteiger partial charge on any atom is 0.317 e. The highest BCUT2D eigenvalue weighted by molar-refractivity contribution is 5.74. The fraction of sp³-hybridized carbons (Fsp3) is 0.938. The van der Waals surface area contributed by atoms with Gasteiger partial charge in [0.15, 0.2) is 0 Å². The number of aliphatic hydroxyl groups excluding tert-OH is 1. The minimum Gasteiger partial charge on any atom is -0.396 e. The summed E-state index contributed by atoms with van der Waals surface area (Å²) in [5, 5.41) is 12.5. The fourth-order valence-electron chi connectivity index (χ4n) is 4.02. The fourth-order valence-corrected chi connectivity index (χ4v) is 4.02. The van der Waals surface area contributed by atoms with Gasteiger partial charge in [-0.15, -0.1) is 0 Å². The summed E-state index contributed by atoms with van der Waals surface area (Å²) in [5.41, 5.74) is 0. The van der Waals surface area contributed by atoms with Gasteiger partial charge in [0.2, 0.25) is 0 Å². The summed E-state index contributed by atoms with van der Waals surface area (Å²) in [5.74, 6) is 2.10. The molecule has 0 radical (unpaired) electrons. The molecule has 1 saturated heterocycles. The Morgan fingerprint density at radius 2 is 1.95 bits per heavy atom. The number of carbonyl (C=O) groups is 1. The maximum absolute atomic E-state index is 12.4. The quantitative estimate of drug-likeness (QED) is 0.834. The van der Waals surface area contributed by atoms with Gasteiger partial charge in [-0.1, -0.05) is 12.8 Å². The van der Waals surface area contributed by atoms with E-state index in [0.717, 1.165) is 44.2 Å². The van der Waals surface area contributed by atoms with E-state index in [1.165, 1.54) is 32.1 Å². The molecule has 20 heavy (non-hydrogen) atoms. The van der Waals surface area contributed by atoms with Crippen LogP contribution in [0.3, 0.4) is 0 Å². The van der Waals surface area contributed by atoms with Crippen LogP contribution in [0.5, 0.6) is 0 Å². The molecule has 3 rings (SSSR count). The highest BCUT2D eigenvalue weighted by Crippen LogP contribution is 2.43. The van der Waals surface area contributed by atoms with Gasteiger partial charge in [0.1, 0.15) is 0 Å². The van der Waals surface area contributed by atoms with Crippen LogP contribution < -0.4 is 5.32 Å². The van der Waals surface area contributed by atoms with E-state index >= 15 is 0 Å². The molecular weight excluding hydrogens is 252 g/mol. The number of piperidine rings is 1. The number of hydrogen-bond donors (Lipinski definition) is 2. The van der Waals surface area contributed by atoms with Gasteiger partial charge in [0.25, 0.3) is 0 Å². The second-order valence-corrected chi connectivity index (χ2v) is 7.05. The Kier molecular flexibility index (Phi) is 4.49. The van der Waals surface area contributed by atoms with Crippen LogP contribution in [0.2, 0.25) is 0 Å². The summed E-state index contributed by atoms with van der Waals surface area (Å²) in [6.45, 7) is 1.78. The minimum atomic E-state index is 0.101. The normalized spacial score (nSPS) is 34.9. The topological polar surface area (TPSA) is 52.6 Å². The van der Waals surface area contributed by atoms with Crippen LogP contribution in [0.1, 0.15) is 51.4 Å². The van der Waals surface area contributed by atoms with Gasteiger partial charge in [-0.2, -0.15) is 0 Å². The standard InChI is InChI=1S/C16H28N2O2/c19-11-12-3-2-8-18(10-12)16(20)17-15-5-1-4-14(9-15)13-6-7-13/h12-15,19H,1-11H2,(H,17,20). The smallest absolute Gasteiger partial charge is 0.317 e. The first-order valence-electron chi connectivity index (χ1n) is 8.42. The van der Waals surface area contributed by atoms with E-state index in [-0.39, 0.29) is 18.6 Å². The molecular formula is C16H28N2O2. The van der Waals surface area contributed by atoms with E-state index in [4.69, 9.17) is 0 Å². The van der Waals surface area contributed by atoms with Gasteiger partial charge >= 0.3 is 6.03 Å². The summed E-state index contributed by atoms with van der Waals surface area (Å²) < 4.78 is 0. The van der Waals surface area contributed by atoms with Gasteiger partial charge in [-0.05, 0) is 56.3 Å². The number of amides is 2. The molecule has 3 atom stereocenters. The first-order chi connectivity index (χ1) is 9.76. The molecule has 0 spiro atoms. The van der Waals surface area contributed by atoms with Crippen molar-refractivity contribution in [3.05, 3.63) is 0 Å². The lowest BCUT2D eigenvalue weighted by Crippen LogP contribution is -2.50. The number of hydrogen-bond acceptors (Lipinski definition) is 2. The summed E-state index contributed by atoms with van der Waals surface area (Å²) in [7, 11) is 0. The van der Waals surface area contributed by atoms with Crippen molar-refractivity contribution in [2.24, 2.45) is 17.8 Å². The number of carbonyl (C=O) groups excluding carboxylic acids is 1. The molecule has 3 aliphatic rings. The first-order valence-corrected chi connectivity index (χ1v) is 8.42. The molecule has 0 aromatic rings. The predicted molar refractivity (Wildman–Crippen MR) is 78.4 cm³/mol. The summed E-state index contributed by atoms with van der Waals surface area (Å²) in [4.78, 5) is 14.3. The second-order valence-electron chi connectivity index (χ2n) is 7.05. The molecule has 0 bridgehead atoms. The highest BCUT2D eigenvalue weighted by Gasteiger charge is 2.35. The molecule has 0 aromatic heterocycles. The number of rotatable bonds is 3. The van der Waals surface area contributed by atoms with Crippen LogP contribution in [0.25, 0.3) is 0 Å². The van der Waals surface area contributed by atoms with Crippen molar-refractivity contribution in [3.8, 4) is 0 Å². The monoisotopic (exact) mass is 280 g/mol. The van der Waals surface area contributed by atoms with Gasteiger partial charge in [-0.25, -0.2) is 4.79 Å². The Labute approximate surface area is 121 Å². The average Bonchev–Trinajstić information content (AvgIpc) is 3.32. The van der Waals surface area contributed by atoms with Crippen LogP contribution >= 0.6 is 0 Å². The zero-order chi connectivity index (χ0) is 13.9. The zero-order valence-corrected chi connectivity index (χ0v) is 12.4. The van der Waals surface area contributed by atoms with Crippen LogP contribution in [0.15, 0.2) is 0 Å². The molecule has 0 aromatic carbocycles. The van der Waals surface area contributed by atoms with E-state index in [0.29, 0.717) is 6.04 Å². The molecule has 2 N–H and O–H groups in total. The Morgan fingerprint density at radius 3 is 2.70 bits per heavy atom. The van der Waals surface area contributed by atoms with E-state index in [1.807, 2.05) is 4.90 Å². The largest absolute Gasteiger partial charge is 0.396 e. The zero-order valence-electron chi connectivity index (χ0n) is 12.4. The summed E-state index contributed by atoms with van der Waals surface area (Å²) >= 11 is 0. The molecule has 3 fully saturated rings. The van der Waals surface area contributed by atoms with Gasteiger partial charge in [-0.3, -0.25) is 0 Å². The van der Waals surface area contributed by atoms with E-state index in [2.05, 4.69) is 5.32 Å². The van der Waals surface area contributed by atoms with Gasteiger partial charge in [0.05, 0.1) is 0 Å². The average molecular weight is 280 g/mol. The van der Waals surface area contributed by atoms with Crippen molar-refractivity contribution >= 4 is 6.03 Å². The summed E-state index contributed by atoms with van der Waals surface area (Å²) in [6, 6.07) is 0.487. The number of urea groups is 1. The molecule has 3 unspecified atom stereocenters. The maximum atomic E-state index is 12.4. The number of aliphatic hydroxyl groups is 1. The SMILES string of the molecule is O=C(NC1CCCC(C2CC2)C1)N1CCCC(CO)C1. The number of likely N-dealkylation sites (tertiary alicyclic amines) is 1. The van der Waals surface area contributed by atoms with Crippen molar-refractivity contribution in [1.29, 1.82) is 0 Å². The molecule has 1 heterocycles. The molecule has 114 valence electrons.